The van der Waals surface area contributed by atoms with Gasteiger partial charge in [0, 0.05) is 0 Å². The number of hydrogen-bond acceptors (Lipinski definition) is 0. The minimum absolute atomic E-state index is 0.918. The number of fused-ring (bicyclic) bond motifs is 1. The molecule has 0 aliphatic rings. The molecular formula is C30H30. The highest BCUT2D eigenvalue weighted by molar-refractivity contribution is 6.00. The van der Waals surface area contributed by atoms with Crippen molar-refractivity contribution in [1.29, 1.82) is 0 Å². The highest BCUT2D eigenvalue weighted by atomic mass is 14.1. The summed E-state index contributed by atoms with van der Waals surface area (Å²) in [5.41, 5.74) is 6.33. The molecule has 2 aromatic rings. The van der Waals surface area contributed by atoms with Gasteiger partial charge in [-0.25, -0.2) is 0 Å². The van der Waals surface area contributed by atoms with E-state index in [-0.39, 0.29) is 0 Å². The highest BCUT2D eigenvalue weighted by Crippen LogP contribution is 2.29. The molecule has 0 radical (unpaired) electrons. The lowest BCUT2D eigenvalue weighted by Gasteiger charge is -2.10. The van der Waals surface area contributed by atoms with E-state index in [9.17, 15) is 0 Å². The van der Waals surface area contributed by atoms with Crippen LogP contribution < -0.4 is 0 Å². The molecule has 0 N–H and O–H groups in total. The van der Waals surface area contributed by atoms with Gasteiger partial charge in [-0.05, 0) is 58.0 Å². The lowest BCUT2D eigenvalue weighted by atomic mass is 9.94. The fourth-order valence-electron chi connectivity index (χ4n) is 3.27. The summed E-state index contributed by atoms with van der Waals surface area (Å²) in [6.45, 7) is 20.2. The molecule has 150 valence electrons. The largest absolute Gasteiger partial charge is 0.0991 e. The van der Waals surface area contributed by atoms with Crippen molar-refractivity contribution in [2.24, 2.45) is 0 Å². The normalized spacial score (nSPS) is 11.5. The van der Waals surface area contributed by atoms with Crippen molar-refractivity contribution in [1.82, 2.24) is 0 Å². The van der Waals surface area contributed by atoms with Crippen molar-refractivity contribution >= 4 is 34.1 Å². The van der Waals surface area contributed by atoms with Gasteiger partial charge >= 0.3 is 0 Å². The number of allylic oxidation sites excluding steroid dienone is 8. The van der Waals surface area contributed by atoms with Crippen molar-refractivity contribution in [3.63, 3.8) is 0 Å². The lowest BCUT2D eigenvalue weighted by molar-refractivity contribution is 1.58. The molecule has 0 spiro atoms. The summed E-state index contributed by atoms with van der Waals surface area (Å²) in [5, 5.41) is 2.29. The Labute approximate surface area is 181 Å². The summed E-state index contributed by atoms with van der Waals surface area (Å²) in [6, 6.07) is 16.9. The Morgan fingerprint density at radius 1 is 0.767 bits per heavy atom. The molecule has 0 nitrogen and oxygen atoms in total. The predicted octanol–water partition coefficient (Wildman–Crippen LogP) is 8.98. The molecule has 0 heterocycles. The van der Waals surface area contributed by atoms with E-state index in [1.54, 1.807) is 6.08 Å². The second-order valence-corrected chi connectivity index (χ2v) is 6.85. The summed E-state index contributed by atoms with van der Waals surface area (Å²) < 4.78 is 0. The third-order valence-corrected chi connectivity index (χ3v) is 4.88. The average Bonchev–Trinajstić information content (AvgIpc) is 2.77. The van der Waals surface area contributed by atoms with E-state index < -0.39 is 0 Å². The van der Waals surface area contributed by atoms with Crippen LogP contribution in [0, 0.1) is 0 Å². The predicted molar refractivity (Wildman–Crippen MR) is 139 cm³/mol. The molecule has 0 heteroatoms. The summed E-state index contributed by atoms with van der Waals surface area (Å²) in [5.74, 6) is 0. The average molecular weight is 391 g/mol. The number of benzene rings is 1. The van der Waals surface area contributed by atoms with Crippen LogP contribution in [0.25, 0.3) is 34.1 Å². The Balaban J connectivity index is 3.14. The maximum absolute atomic E-state index is 4.31. The molecule has 0 atom stereocenters. The van der Waals surface area contributed by atoms with Crippen LogP contribution >= 0.6 is 0 Å². The van der Waals surface area contributed by atoms with Crippen molar-refractivity contribution in [3.8, 4) is 0 Å². The Bertz CT molecular complexity index is 1120. The summed E-state index contributed by atoms with van der Waals surface area (Å²) in [7, 11) is 0. The third-order valence-electron chi connectivity index (χ3n) is 4.88. The highest BCUT2D eigenvalue weighted by Gasteiger charge is 2.06. The molecular weight excluding hydrogens is 360 g/mol. The van der Waals surface area contributed by atoms with Crippen molar-refractivity contribution in [3.05, 3.63) is 134 Å². The zero-order valence-corrected chi connectivity index (χ0v) is 18.1. The van der Waals surface area contributed by atoms with E-state index in [4.69, 9.17) is 0 Å². The molecule has 0 bridgehead atoms. The molecule has 2 aromatic carbocycles. The molecule has 0 aliphatic heterocycles. The standard InChI is InChI=1S/C30H30/c1-7-11-15-23(5)27-21-19-25(9-3)26(10-4)20-22-28(24(6)16-12-8-2)30-18-14-13-17-29(27)30/h7-22H,1,3-5H2,2,6H3/b12-8-,15-11-,21-19?,22-20?,24-16+,25-19?,26-20?,26-25?,27-21?,28-22?,29-27?,30-28?. The van der Waals surface area contributed by atoms with E-state index >= 15 is 0 Å². The van der Waals surface area contributed by atoms with Gasteiger partial charge in [-0.1, -0.05) is 123 Å². The lowest BCUT2D eigenvalue weighted by Crippen LogP contribution is -1.87. The zero-order chi connectivity index (χ0) is 21.9. The van der Waals surface area contributed by atoms with Gasteiger partial charge in [-0.2, -0.15) is 0 Å². The van der Waals surface area contributed by atoms with E-state index in [1.807, 2.05) is 37.3 Å². The topological polar surface area (TPSA) is 0 Å². The van der Waals surface area contributed by atoms with Gasteiger partial charge in [-0.15, -0.1) is 0 Å². The van der Waals surface area contributed by atoms with Gasteiger partial charge in [0.05, 0.1) is 0 Å². The molecule has 0 saturated heterocycles. The Kier molecular flexibility index (Phi) is 8.59. The second-order valence-electron chi connectivity index (χ2n) is 6.85. The maximum atomic E-state index is 4.31. The van der Waals surface area contributed by atoms with Gasteiger partial charge in [0.25, 0.3) is 0 Å². The first-order valence-corrected chi connectivity index (χ1v) is 10.0. The first-order valence-electron chi connectivity index (χ1n) is 10.0. The third kappa shape index (κ3) is 5.46. The molecule has 0 aliphatic carbocycles. The van der Waals surface area contributed by atoms with Crippen LogP contribution in [-0.4, -0.2) is 0 Å². The maximum Gasteiger partial charge on any atom is -0.00995 e. The summed E-state index contributed by atoms with van der Waals surface area (Å²) in [6.07, 6.45) is 15.6. The van der Waals surface area contributed by atoms with E-state index in [0.717, 1.165) is 38.6 Å². The van der Waals surface area contributed by atoms with E-state index in [2.05, 4.69) is 93.9 Å². The number of rotatable bonds is 7. The summed E-state index contributed by atoms with van der Waals surface area (Å²) in [4.78, 5) is 0. The van der Waals surface area contributed by atoms with Gasteiger partial charge < -0.3 is 0 Å². The Morgan fingerprint density at radius 2 is 1.33 bits per heavy atom. The van der Waals surface area contributed by atoms with Crippen LogP contribution in [0.5, 0.6) is 0 Å². The van der Waals surface area contributed by atoms with E-state index in [1.165, 1.54) is 5.57 Å². The zero-order valence-electron chi connectivity index (χ0n) is 18.1. The van der Waals surface area contributed by atoms with Crippen LogP contribution in [-0.2, 0) is 0 Å². The van der Waals surface area contributed by atoms with Crippen LogP contribution in [0.15, 0.2) is 111 Å². The fraction of sp³-hybridized carbons (Fsp3) is 0.0667. The van der Waals surface area contributed by atoms with Crippen molar-refractivity contribution in [2.45, 2.75) is 13.8 Å². The molecule has 0 amide bonds. The Morgan fingerprint density at radius 3 is 1.87 bits per heavy atom. The molecule has 30 heavy (non-hydrogen) atoms. The summed E-state index contributed by atoms with van der Waals surface area (Å²) >= 11 is 0. The van der Waals surface area contributed by atoms with Gasteiger partial charge in [0.15, 0.2) is 0 Å². The van der Waals surface area contributed by atoms with Crippen molar-refractivity contribution < 1.29 is 0 Å². The van der Waals surface area contributed by atoms with Crippen LogP contribution in [0.2, 0.25) is 0 Å². The monoisotopic (exact) mass is 390 g/mol. The first-order chi connectivity index (χ1) is 14.6. The Hall–Kier alpha value is -3.64. The smallest absolute Gasteiger partial charge is 0.00995 e. The minimum Gasteiger partial charge on any atom is -0.0991 e. The van der Waals surface area contributed by atoms with E-state index in [0.29, 0.717) is 0 Å². The van der Waals surface area contributed by atoms with Gasteiger partial charge in [0.1, 0.15) is 0 Å². The fourth-order valence-corrected chi connectivity index (χ4v) is 3.27. The van der Waals surface area contributed by atoms with Crippen LogP contribution in [0.1, 0.15) is 36.1 Å². The second kappa shape index (κ2) is 11.4. The molecule has 0 aromatic heterocycles. The quantitative estimate of drug-likeness (QED) is 0.414. The molecule has 0 saturated carbocycles. The molecule has 2 rings (SSSR count). The van der Waals surface area contributed by atoms with Crippen LogP contribution in [0.4, 0.5) is 0 Å². The SMILES string of the molecule is C=C/C=C\C(=C)c1ccc(C=C)c(C=C)ccc(/C(C)=C/C=C\C)c2ccccc12. The molecule has 0 unspecified atom stereocenters. The number of hydrogen-bond donors (Lipinski definition) is 0. The minimum atomic E-state index is 0.918. The first kappa shape index (κ1) is 22.6. The molecule has 0 fully saturated rings. The van der Waals surface area contributed by atoms with Crippen molar-refractivity contribution in [2.75, 3.05) is 0 Å². The van der Waals surface area contributed by atoms with Gasteiger partial charge in [-0.3, -0.25) is 0 Å². The van der Waals surface area contributed by atoms with Gasteiger partial charge in [0.2, 0.25) is 0 Å². The van der Waals surface area contributed by atoms with Crippen LogP contribution in [0.3, 0.4) is 0 Å².